The molecular weight excluding hydrogens is 366 g/mol. The number of aliphatic hydroxyl groups excluding tert-OH is 1. The van der Waals surface area contributed by atoms with Crippen LogP contribution >= 0.6 is 0 Å². The molecule has 1 aliphatic heterocycles. The molecule has 0 saturated heterocycles. The van der Waals surface area contributed by atoms with E-state index in [-0.39, 0.29) is 18.6 Å². The van der Waals surface area contributed by atoms with Gasteiger partial charge >= 0.3 is 0 Å². The van der Waals surface area contributed by atoms with Crippen LogP contribution in [0.1, 0.15) is 36.5 Å². The van der Waals surface area contributed by atoms with Gasteiger partial charge in [0.05, 0.1) is 20.3 Å². The normalized spacial score (nSPS) is 16.7. The number of aliphatic imine (C=N–C) groups is 1. The lowest BCUT2D eigenvalue weighted by Gasteiger charge is -2.18. The second-order valence-electron chi connectivity index (χ2n) is 7.27. The average Bonchev–Trinajstić information content (AvgIpc) is 3.11. The fourth-order valence-corrected chi connectivity index (χ4v) is 3.53. The number of rotatable bonds is 8. The molecule has 0 bridgehead atoms. The molecule has 2 aromatic carbocycles. The molecule has 0 saturated carbocycles. The van der Waals surface area contributed by atoms with Crippen molar-refractivity contribution in [1.82, 2.24) is 10.6 Å². The van der Waals surface area contributed by atoms with Crippen molar-refractivity contribution >= 4 is 5.96 Å². The third-order valence-electron chi connectivity index (χ3n) is 5.06. The number of hydrogen-bond donors (Lipinski definition) is 3. The molecule has 156 valence electrons. The van der Waals surface area contributed by atoms with Crippen LogP contribution < -0.4 is 20.1 Å². The van der Waals surface area contributed by atoms with Gasteiger partial charge < -0.3 is 25.2 Å². The first-order valence-corrected chi connectivity index (χ1v) is 10.2. The van der Waals surface area contributed by atoms with Gasteiger partial charge in [0.15, 0.2) is 5.96 Å². The highest BCUT2D eigenvalue weighted by molar-refractivity contribution is 5.79. The molecule has 2 unspecified atom stereocenters. The van der Waals surface area contributed by atoms with Gasteiger partial charge in [-0.25, -0.2) is 4.99 Å². The van der Waals surface area contributed by atoms with Gasteiger partial charge in [-0.05, 0) is 31.5 Å². The number of nitrogens with zero attached hydrogens (tertiary/aromatic N) is 1. The molecule has 29 heavy (non-hydrogen) atoms. The van der Waals surface area contributed by atoms with E-state index in [1.807, 2.05) is 43.3 Å². The van der Waals surface area contributed by atoms with E-state index in [0.717, 1.165) is 35.6 Å². The van der Waals surface area contributed by atoms with Gasteiger partial charge in [-0.1, -0.05) is 30.3 Å². The summed E-state index contributed by atoms with van der Waals surface area (Å²) in [6.45, 7) is 5.99. The molecule has 3 N–H and O–H groups in total. The summed E-state index contributed by atoms with van der Waals surface area (Å²) < 4.78 is 11.5. The first-order chi connectivity index (χ1) is 14.1. The van der Waals surface area contributed by atoms with Crippen LogP contribution in [0.15, 0.2) is 47.5 Å². The van der Waals surface area contributed by atoms with Crippen LogP contribution in [0.5, 0.6) is 11.5 Å². The lowest BCUT2D eigenvalue weighted by Crippen LogP contribution is -2.39. The molecule has 3 rings (SSSR count). The van der Waals surface area contributed by atoms with Gasteiger partial charge in [-0.3, -0.25) is 0 Å². The van der Waals surface area contributed by atoms with Crippen molar-refractivity contribution in [2.24, 2.45) is 4.99 Å². The minimum atomic E-state index is 0.00414. The highest BCUT2D eigenvalue weighted by Crippen LogP contribution is 2.35. The second-order valence-corrected chi connectivity index (χ2v) is 7.27. The molecular formula is C23H31N3O3. The lowest BCUT2D eigenvalue weighted by molar-refractivity contribution is 0.254. The Morgan fingerprint density at radius 3 is 2.76 bits per heavy atom. The zero-order valence-corrected chi connectivity index (χ0v) is 17.4. The quantitative estimate of drug-likeness (QED) is 0.472. The van der Waals surface area contributed by atoms with E-state index < -0.39 is 0 Å². The Balaban J connectivity index is 1.70. The number of hydrogen-bond acceptors (Lipinski definition) is 4. The lowest BCUT2D eigenvalue weighted by atomic mass is 10.0. The van der Waals surface area contributed by atoms with Crippen molar-refractivity contribution in [3.05, 3.63) is 59.2 Å². The van der Waals surface area contributed by atoms with E-state index >= 15 is 0 Å². The van der Waals surface area contributed by atoms with E-state index in [4.69, 9.17) is 14.5 Å². The molecule has 6 heteroatoms. The molecule has 0 amide bonds. The summed E-state index contributed by atoms with van der Waals surface area (Å²) in [6, 6.07) is 14.1. The topological polar surface area (TPSA) is 75.1 Å². The van der Waals surface area contributed by atoms with Gasteiger partial charge in [0, 0.05) is 36.6 Å². The first-order valence-electron chi connectivity index (χ1n) is 10.2. The Labute approximate surface area is 173 Å². The van der Waals surface area contributed by atoms with Gasteiger partial charge in [-0.2, -0.15) is 0 Å². The molecule has 0 radical (unpaired) electrons. The Bertz CT molecular complexity index is 824. The predicted molar refractivity (Wildman–Crippen MR) is 116 cm³/mol. The van der Waals surface area contributed by atoms with Crippen LogP contribution in [-0.4, -0.2) is 44.0 Å². The van der Waals surface area contributed by atoms with E-state index in [1.54, 1.807) is 7.11 Å². The summed E-state index contributed by atoms with van der Waals surface area (Å²) in [5.41, 5.74) is 3.27. The van der Waals surface area contributed by atoms with Gasteiger partial charge in [0.1, 0.15) is 17.6 Å². The van der Waals surface area contributed by atoms with Crippen molar-refractivity contribution in [3.63, 3.8) is 0 Å². The van der Waals surface area contributed by atoms with Crippen LogP contribution in [0.2, 0.25) is 0 Å². The number of guanidine groups is 1. The van der Waals surface area contributed by atoms with Crippen molar-refractivity contribution < 1.29 is 14.6 Å². The molecule has 2 atom stereocenters. The van der Waals surface area contributed by atoms with Crippen LogP contribution in [0.3, 0.4) is 0 Å². The summed E-state index contributed by atoms with van der Waals surface area (Å²) >= 11 is 0. The SMILES string of the molecule is CCNC(=NCc1cc2c(cc1OC)CC(C)O2)NCC(CO)c1ccccc1. The minimum absolute atomic E-state index is 0.00414. The summed E-state index contributed by atoms with van der Waals surface area (Å²) in [5.74, 6) is 2.47. The smallest absolute Gasteiger partial charge is 0.191 e. The van der Waals surface area contributed by atoms with Gasteiger partial charge in [0.25, 0.3) is 0 Å². The van der Waals surface area contributed by atoms with E-state index in [0.29, 0.717) is 19.0 Å². The molecule has 1 aliphatic rings. The van der Waals surface area contributed by atoms with Crippen LogP contribution in [0.4, 0.5) is 0 Å². The molecule has 2 aromatic rings. The monoisotopic (exact) mass is 397 g/mol. The molecule has 6 nitrogen and oxygen atoms in total. The maximum absolute atomic E-state index is 9.78. The van der Waals surface area contributed by atoms with E-state index in [9.17, 15) is 5.11 Å². The Kier molecular flexibility index (Phi) is 7.36. The summed E-state index contributed by atoms with van der Waals surface area (Å²) in [5, 5.41) is 16.4. The van der Waals surface area contributed by atoms with Crippen LogP contribution in [0.25, 0.3) is 0 Å². The third kappa shape index (κ3) is 5.41. The van der Waals surface area contributed by atoms with Crippen molar-refractivity contribution in [1.29, 1.82) is 0 Å². The predicted octanol–water partition coefficient (Wildman–Crippen LogP) is 2.85. The fraction of sp³-hybridized carbons (Fsp3) is 0.435. The standard InChI is InChI=1S/C23H31N3O3/c1-4-24-23(26-14-20(15-27)17-8-6-5-7-9-17)25-13-19-12-22-18(10-16(2)29-22)11-21(19)28-3/h5-9,11-12,16,20,27H,4,10,13-15H2,1-3H3,(H2,24,25,26). The molecule has 1 heterocycles. The second kappa shape index (κ2) is 10.2. The molecule has 0 spiro atoms. The Morgan fingerprint density at radius 2 is 2.07 bits per heavy atom. The highest BCUT2D eigenvalue weighted by Gasteiger charge is 2.21. The van der Waals surface area contributed by atoms with E-state index in [2.05, 4.69) is 23.6 Å². The van der Waals surface area contributed by atoms with Crippen LogP contribution in [-0.2, 0) is 13.0 Å². The number of ether oxygens (including phenoxy) is 2. The van der Waals surface area contributed by atoms with Crippen molar-refractivity contribution in [2.75, 3.05) is 26.8 Å². The molecule has 0 fully saturated rings. The number of benzene rings is 2. The number of aliphatic hydroxyl groups is 1. The summed E-state index contributed by atoms with van der Waals surface area (Å²) in [7, 11) is 1.68. The maximum atomic E-state index is 9.78. The zero-order valence-electron chi connectivity index (χ0n) is 17.4. The van der Waals surface area contributed by atoms with E-state index in [1.165, 1.54) is 5.56 Å². The maximum Gasteiger partial charge on any atom is 0.191 e. The highest BCUT2D eigenvalue weighted by atomic mass is 16.5. The number of fused-ring (bicyclic) bond motifs is 1. The Morgan fingerprint density at radius 1 is 1.28 bits per heavy atom. The van der Waals surface area contributed by atoms with Gasteiger partial charge in [-0.15, -0.1) is 0 Å². The van der Waals surface area contributed by atoms with Crippen LogP contribution in [0, 0.1) is 0 Å². The number of nitrogens with one attached hydrogen (secondary N) is 2. The molecule has 0 aromatic heterocycles. The average molecular weight is 398 g/mol. The minimum Gasteiger partial charge on any atom is -0.496 e. The zero-order chi connectivity index (χ0) is 20.6. The largest absolute Gasteiger partial charge is 0.496 e. The van der Waals surface area contributed by atoms with Crippen molar-refractivity contribution in [3.8, 4) is 11.5 Å². The van der Waals surface area contributed by atoms with Crippen molar-refractivity contribution in [2.45, 2.75) is 38.8 Å². The number of methoxy groups -OCH3 is 1. The summed E-state index contributed by atoms with van der Waals surface area (Å²) in [4.78, 5) is 4.71. The fourth-order valence-electron chi connectivity index (χ4n) is 3.53. The Hall–Kier alpha value is -2.73. The van der Waals surface area contributed by atoms with Gasteiger partial charge in [0.2, 0.25) is 0 Å². The summed E-state index contributed by atoms with van der Waals surface area (Å²) in [6.07, 6.45) is 1.10. The first kappa shape index (κ1) is 21.0. The third-order valence-corrected chi connectivity index (χ3v) is 5.06. The molecule has 0 aliphatic carbocycles.